The van der Waals surface area contributed by atoms with E-state index in [1.54, 1.807) is 0 Å². The summed E-state index contributed by atoms with van der Waals surface area (Å²) in [7, 11) is 2.07. The van der Waals surface area contributed by atoms with Crippen LogP contribution in [0, 0.1) is 5.92 Å². The Balaban J connectivity index is 1.94. The lowest BCUT2D eigenvalue weighted by Crippen LogP contribution is -2.41. The van der Waals surface area contributed by atoms with Crippen molar-refractivity contribution in [2.45, 2.75) is 33.2 Å². The van der Waals surface area contributed by atoms with Crippen LogP contribution in [0.2, 0.25) is 0 Å². The topological polar surface area (TPSA) is 50.8 Å². The number of benzene rings is 1. The average molecular weight is 320 g/mol. The molecule has 1 aliphatic heterocycles. The number of nitrogens with zero attached hydrogens (tertiary/aromatic N) is 1. The Labute approximate surface area is 139 Å². The Bertz CT molecular complexity index is 519. The fourth-order valence-electron chi connectivity index (χ4n) is 2.92. The first kappa shape index (κ1) is 17.6. The molecule has 1 N–H and O–H groups in total. The fourth-order valence-corrected chi connectivity index (χ4v) is 2.92. The summed E-state index contributed by atoms with van der Waals surface area (Å²) in [5.74, 6) is 1.73. The Morgan fingerprint density at radius 3 is 2.70 bits per heavy atom. The van der Waals surface area contributed by atoms with E-state index >= 15 is 0 Å². The van der Waals surface area contributed by atoms with E-state index in [9.17, 15) is 4.79 Å². The zero-order chi connectivity index (χ0) is 16.7. The van der Waals surface area contributed by atoms with Gasteiger partial charge in [-0.2, -0.15) is 0 Å². The number of carbonyl (C=O) groups excluding carboxylic acids is 1. The third-order valence-electron chi connectivity index (χ3n) is 4.07. The van der Waals surface area contributed by atoms with Gasteiger partial charge in [-0.15, -0.1) is 0 Å². The molecule has 0 aromatic heterocycles. The molecule has 1 aromatic rings. The molecule has 23 heavy (non-hydrogen) atoms. The van der Waals surface area contributed by atoms with Gasteiger partial charge in [-0.3, -0.25) is 4.79 Å². The van der Waals surface area contributed by atoms with Gasteiger partial charge in [0.2, 0.25) is 5.91 Å². The highest BCUT2D eigenvalue weighted by atomic mass is 16.5. The highest BCUT2D eigenvalue weighted by Gasteiger charge is 2.23. The van der Waals surface area contributed by atoms with E-state index < -0.39 is 0 Å². The maximum absolute atomic E-state index is 12.3. The van der Waals surface area contributed by atoms with Gasteiger partial charge in [0.1, 0.15) is 0 Å². The number of carbonyl (C=O) groups is 1. The fraction of sp³-hybridized carbons (Fsp3) is 0.611. The summed E-state index contributed by atoms with van der Waals surface area (Å²) in [5.41, 5.74) is 1.02. The van der Waals surface area contributed by atoms with Gasteiger partial charge < -0.3 is 19.7 Å². The second-order valence-electron chi connectivity index (χ2n) is 5.97. The second-order valence-corrected chi connectivity index (χ2v) is 5.97. The molecule has 1 aromatic carbocycles. The zero-order valence-electron chi connectivity index (χ0n) is 14.4. The quantitative estimate of drug-likeness (QED) is 0.838. The summed E-state index contributed by atoms with van der Waals surface area (Å²) in [5, 5.41) is 3.05. The van der Waals surface area contributed by atoms with E-state index in [2.05, 4.69) is 17.3 Å². The smallest absolute Gasteiger partial charge is 0.224 e. The van der Waals surface area contributed by atoms with E-state index in [1.165, 1.54) is 0 Å². The van der Waals surface area contributed by atoms with Crippen LogP contribution < -0.4 is 14.8 Å². The van der Waals surface area contributed by atoms with Crippen molar-refractivity contribution in [1.29, 1.82) is 0 Å². The third kappa shape index (κ3) is 5.13. The van der Waals surface area contributed by atoms with E-state index in [4.69, 9.17) is 9.47 Å². The minimum Gasteiger partial charge on any atom is -0.490 e. The van der Waals surface area contributed by atoms with Gasteiger partial charge in [0.15, 0.2) is 11.5 Å². The molecule has 1 aliphatic rings. The lowest BCUT2D eigenvalue weighted by Gasteiger charge is -2.28. The Hall–Kier alpha value is -1.75. The van der Waals surface area contributed by atoms with Crippen LogP contribution in [0.1, 0.15) is 32.3 Å². The number of ether oxygens (including phenoxy) is 2. The van der Waals surface area contributed by atoms with E-state index in [1.807, 2.05) is 32.0 Å². The number of piperidine rings is 1. The molecule has 2 rings (SSSR count). The van der Waals surface area contributed by atoms with Gasteiger partial charge >= 0.3 is 0 Å². The molecule has 0 saturated carbocycles. The van der Waals surface area contributed by atoms with Crippen LogP contribution in [0.3, 0.4) is 0 Å². The molecule has 1 amide bonds. The summed E-state index contributed by atoms with van der Waals surface area (Å²) in [6, 6.07) is 5.83. The van der Waals surface area contributed by atoms with Gasteiger partial charge in [0.25, 0.3) is 0 Å². The maximum atomic E-state index is 12.3. The first-order valence-electron chi connectivity index (χ1n) is 8.48. The number of nitrogens with one attached hydrogen (secondary N) is 1. The number of likely N-dealkylation sites (tertiary alicyclic amines) is 1. The van der Waals surface area contributed by atoms with Gasteiger partial charge in [-0.05, 0) is 58.0 Å². The van der Waals surface area contributed by atoms with Gasteiger partial charge in [-0.25, -0.2) is 0 Å². The third-order valence-corrected chi connectivity index (χ3v) is 4.07. The molecular formula is C18H28N2O3. The minimum absolute atomic E-state index is 0.0998. The lowest BCUT2D eigenvalue weighted by atomic mass is 9.97. The molecule has 1 heterocycles. The Kier molecular flexibility index (Phi) is 6.71. The van der Waals surface area contributed by atoms with Crippen LogP contribution >= 0.6 is 0 Å². The Morgan fingerprint density at radius 1 is 1.26 bits per heavy atom. The van der Waals surface area contributed by atoms with E-state index in [0.717, 1.165) is 43.0 Å². The average Bonchev–Trinajstić information content (AvgIpc) is 2.55. The van der Waals surface area contributed by atoms with Crippen molar-refractivity contribution in [3.63, 3.8) is 0 Å². The van der Waals surface area contributed by atoms with Gasteiger partial charge in [0, 0.05) is 13.1 Å². The van der Waals surface area contributed by atoms with Crippen LogP contribution in [0.25, 0.3) is 0 Å². The summed E-state index contributed by atoms with van der Waals surface area (Å²) in [6.07, 6.45) is 2.07. The first-order chi connectivity index (χ1) is 11.1. The maximum Gasteiger partial charge on any atom is 0.224 e. The number of amides is 1. The summed E-state index contributed by atoms with van der Waals surface area (Å²) in [6.45, 7) is 7.54. The van der Waals surface area contributed by atoms with Crippen molar-refractivity contribution in [2.24, 2.45) is 5.92 Å². The summed E-state index contributed by atoms with van der Waals surface area (Å²) in [4.78, 5) is 14.5. The predicted molar refractivity (Wildman–Crippen MR) is 90.8 cm³/mol. The molecule has 128 valence electrons. The second kappa shape index (κ2) is 8.77. The highest BCUT2D eigenvalue weighted by Crippen LogP contribution is 2.28. The minimum atomic E-state index is 0.0998. The SMILES string of the molecule is CCOc1ccc(CNC(=O)C2CCCN(C)C2)cc1OCC. The first-order valence-corrected chi connectivity index (χ1v) is 8.48. The summed E-state index contributed by atoms with van der Waals surface area (Å²) >= 11 is 0. The van der Waals surface area contributed by atoms with Crippen LogP contribution in [-0.4, -0.2) is 44.2 Å². The molecule has 0 bridgehead atoms. The highest BCUT2D eigenvalue weighted by molar-refractivity contribution is 5.79. The molecule has 0 spiro atoms. The molecule has 5 nitrogen and oxygen atoms in total. The zero-order valence-corrected chi connectivity index (χ0v) is 14.4. The number of rotatable bonds is 7. The molecule has 1 atom stereocenters. The molecule has 1 saturated heterocycles. The van der Waals surface area contributed by atoms with Crippen molar-refractivity contribution in [3.05, 3.63) is 23.8 Å². The van der Waals surface area contributed by atoms with Crippen molar-refractivity contribution in [3.8, 4) is 11.5 Å². The van der Waals surface area contributed by atoms with Crippen LogP contribution in [-0.2, 0) is 11.3 Å². The number of hydrogen-bond donors (Lipinski definition) is 1. The molecule has 1 unspecified atom stereocenters. The van der Waals surface area contributed by atoms with Crippen molar-refractivity contribution in [2.75, 3.05) is 33.4 Å². The predicted octanol–water partition coefficient (Wildman–Crippen LogP) is 2.44. The number of hydrogen-bond acceptors (Lipinski definition) is 4. The molecule has 0 radical (unpaired) electrons. The molecular weight excluding hydrogens is 292 g/mol. The van der Waals surface area contributed by atoms with Gasteiger partial charge in [0.05, 0.1) is 19.1 Å². The van der Waals surface area contributed by atoms with E-state index in [0.29, 0.717) is 19.8 Å². The molecule has 5 heteroatoms. The standard InChI is InChI=1S/C18H28N2O3/c1-4-22-16-9-8-14(11-17(16)23-5-2)12-19-18(21)15-7-6-10-20(3)13-15/h8-9,11,15H,4-7,10,12-13H2,1-3H3,(H,19,21). The largest absolute Gasteiger partial charge is 0.490 e. The normalized spacial score (nSPS) is 18.5. The van der Waals surface area contributed by atoms with E-state index in [-0.39, 0.29) is 11.8 Å². The van der Waals surface area contributed by atoms with Crippen molar-refractivity contribution in [1.82, 2.24) is 10.2 Å². The van der Waals surface area contributed by atoms with Crippen LogP contribution in [0.5, 0.6) is 11.5 Å². The molecule has 0 aliphatic carbocycles. The van der Waals surface area contributed by atoms with Crippen LogP contribution in [0.15, 0.2) is 18.2 Å². The lowest BCUT2D eigenvalue weighted by molar-refractivity contribution is -0.126. The van der Waals surface area contributed by atoms with Gasteiger partial charge in [-0.1, -0.05) is 6.07 Å². The Morgan fingerprint density at radius 2 is 2.00 bits per heavy atom. The summed E-state index contributed by atoms with van der Waals surface area (Å²) < 4.78 is 11.2. The van der Waals surface area contributed by atoms with Crippen molar-refractivity contribution < 1.29 is 14.3 Å². The van der Waals surface area contributed by atoms with Crippen LogP contribution in [0.4, 0.5) is 0 Å². The monoisotopic (exact) mass is 320 g/mol. The molecule has 1 fully saturated rings. The van der Waals surface area contributed by atoms with Crippen molar-refractivity contribution >= 4 is 5.91 Å².